The van der Waals surface area contributed by atoms with Crippen LogP contribution in [0.2, 0.25) is 0 Å². The lowest BCUT2D eigenvalue weighted by atomic mass is 10.1. The van der Waals surface area contributed by atoms with Crippen LogP contribution < -0.4 is 56.5 Å². The van der Waals surface area contributed by atoms with E-state index in [4.69, 9.17) is 76.5 Å². The van der Waals surface area contributed by atoms with E-state index < -0.39 is 109 Å². The number of carboxylic acids is 6. The number of hydrogen-bond donors (Lipinski definition) is 16. The van der Waals surface area contributed by atoms with Gasteiger partial charge in [0, 0.05) is 52.4 Å². The highest BCUT2D eigenvalue weighted by Gasteiger charge is 2.23. The lowest BCUT2D eigenvalue weighted by Gasteiger charge is -2.18. The van der Waals surface area contributed by atoms with E-state index in [0.717, 1.165) is 0 Å². The summed E-state index contributed by atoms with van der Waals surface area (Å²) in [4.78, 5) is 140. The number of hydrogen-bond acceptors (Lipinski definition) is 31. The van der Waals surface area contributed by atoms with Gasteiger partial charge in [0.15, 0.2) is 0 Å². The third-order valence-electron chi connectivity index (χ3n) is 8.06. The van der Waals surface area contributed by atoms with E-state index >= 15 is 0 Å². The highest BCUT2D eigenvalue weighted by Crippen LogP contribution is 2.25. The van der Waals surface area contributed by atoms with Gasteiger partial charge in [-0.15, -0.1) is 0 Å². The minimum Gasteiger partial charge on any atom is -0.481 e. The fourth-order valence-electron chi connectivity index (χ4n) is 3.02. The molecule has 0 aliphatic rings. The van der Waals surface area contributed by atoms with Crippen LogP contribution in [0.5, 0.6) is 0 Å². The molecule has 0 aromatic carbocycles. The number of carbonyl (C=O) groups is 13. The van der Waals surface area contributed by atoms with Crippen molar-refractivity contribution in [2.75, 3.05) is 64.1 Å². The molecule has 39 heteroatoms. The number of ketones is 5. The number of carbonyl (C=O) groups excluding carboxylic acids is 7. The first kappa shape index (κ1) is 85.1. The molecule has 79 heavy (non-hydrogen) atoms. The SMILES string of the molecule is CC(=O)C(N)CSSCC(=O)O.CC(=O)C(N)CSSCC(=O)O.CC(=O)C(N)CSSCC(N)C(=O)O.CC(=O)C(N)CSSCC(N)C(=O)O.CC(=O)C(N)CSSCC(NC(=O)CCC(N)C(=O)O)C(=O)NCC(=O)O. The lowest BCUT2D eigenvalue weighted by molar-refractivity contribution is -0.139. The maximum atomic E-state index is 12.1. The van der Waals surface area contributed by atoms with Crippen LogP contribution in [0.4, 0.5) is 0 Å². The van der Waals surface area contributed by atoms with Crippen molar-refractivity contribution in [2.24, 2.45) is 45.9 Å². The molecule has 29 nitrogen and oxygen atoms in total. The second-order valence-corrected chi connectivity index (χ2v) is 28.0. The van der Waals surface area contributed by atoms with Gasteiger partial charge in [-0.3, -0.25) is 62.3 Å². The van der Waals surface area contributed by atoms with Gasteiger partial charge in [-0.1, -0.05) is 108 Å². The Kier molecular flexibility index (Phi) is 57.4. The Morgan fingerprint density at radius 3 is 0.848 bits per heavy atom. The molecule has 24 N–H and O–H groups in total. The molecule has 0 saturated carbocycles. The molecule has 0 aliphatic carbocycles. The smallest absolute Gasteiger partial charge is 0.322 e. The molecule has 9 unspecified atom stereocenters. The fraction of sp³-hybridized carbons (Fsp3) is 0.675. The van der Waals surface area contributed by atoms with Crippen molar-refractivity contribution >= 4 is 184 Å². The van der Waals surface area contributed by atoms with Gasteiger partial charge in [-0.05, 0) is 41.0 Å². The lowest BCUT2D eigenvalue weighted by Crippen LogP contribution is -2.49. The second-order valence-electron chi connectivity index (χ2n) is 15.3. The molecule has 2 amide bonds. The highest BCUT2D eigenvalue weighted by atomic mass is 33.1. The van der Waals surface area contributed by atoms with Gasteiger partial charge in [-0.25, -0.2) is 0 Å². The Balaban J connectivity index is -0.000000303. The standard InChI is InChI=1S/C14H24N4O7S2.2C7H14N2O3S2.2C6H11NO3S2/c1-7(19)9(16)5-26-27-6-10(13(23)17-4-12(21)22)18-11(20)3-2-8(15)14(24)25;2*1-4(10)5(8)2-13-14-3-6(9)7(11)12;2*1-4(8)5(7)2-11-12-3-6(9)10/h8-10H,2-6,15-16H2,1H3,(H,17,23)(H,18,20)(H,21,22)(H,24,25);2*5-6H,2-3,8-9H2,1H3,(H,11,12);2*5H,2-3,7H2,1H3,(H,9,10). The number of aliphatic carboxylic acids is 6. The molecule has 0 saturated heterocycles. The number of rotatable bonds is 40. The summed E-state index contributed by atoms with van der Waals surface area (Å²) in [5.74, 6) is -5.00. The van der Waals surface area contributed by atoms with Crippen molar-refractivity contribution in [3.05, 3.63) is 0 Å². The molecule has 0 spiro atoms. The predicted molar refractivity (Wildman–Crippen MR) is 322 cm³/mol. The largest absolute Gasteiger partial charge is 0.481 e. The van der Waals surface area contributed by atoms with Crippen molar-refractivity contribution in [3.63, 3.8) is 0 Å². The van der Waals surface area contributed by atoms with Crippen LogP contribution in [0.1, 0.15) is 47.5 Å². The number of amides is 2. The molecule has 0 radical (unpaired) electrons. The number of carboxylic acid groups (broad SMARTS) is 6. The number of nitrogens with one attached hydrogen (secondary N) is 2. The maximum absolute atomic E-state index is 12.1. The van der Waals surface area contributed by atoms with Crippen LogP contribution in [-0.2, 0) is 62.3 Å². The van der Waals surface area contributed by atoms with Gasteiger partial charge in [0.05, 0.1) is 30.2 Å². The van der Waals surface area contributed by atoms with Crippen molar-refractivity contribution in [3.8, 4) is 0 Å². The van der Waals surface area contributed by atoms with Gasteiger partial charge in [-0.2, -0.15) is 0 Å². The molecular weight excluding hydrogens is 1250 g/mol. The van der Waals surface area contributed by atoms with E-state index in [9.17, 15) is 62.3 Å². The predicted octanol–water partition coefficient (Wildman–Crippen LogP) is -1.71. The molecule has 0 aliphatic heterocycles. The Bertz CT molecular complexity index is 1790. The Morgan fingerprint density at radius 1 is 0.354 bits per heavy atom. The highest BCUT2D eigenvalue weighted by molar-refractivity contribution is 8.78. The number of nitrogens with two attached hydrogens (primary N) is 8. The van der Waals surface area contributed by atoms with Crippen molar-refractivity contribution in [1.82, 2.24) is 10.6 Å². The van der Waals surface area contributed by atoms with Gasteiger partial charge >= 0.3 is 35.8 Å². The molecule has 9 atom stereocenters. The first-order chi connectivity index (χ1) is 36.5. The molecular formula is C40H74N10O19S10. The minimum atomic E-state index is -1.24. The number of Topliss-reactive ketones (excluding diaryl/α,β-unsaturated/α-hetero) is 5. The van der Waals surface area contributed by atoms with Gasteiger partial charge in [0.1, 0.15) is 71.1 Å². The van der Waals surface area contributed by atoms with E-state index in [1.165, 1.54) is 143 Å². The second kappa shape index (κ2) is 53.3. The minimum absolute atomic E-state index is 0.0370. The van der Waals surface area contributed by atoms with Crippen molar-refractivity contribution < 1.29 is 93.0 Å². The first-order valence-corrected chi connectivity index (χ1v) is 34.7. The van der Waals surface area contributed by atoms with Gasteiger partial charge in [0.25, 0.3) is 0 Å². The molecule has 0 bridgehead atoms. The first-order valence-electron chi connectivity index (χ1n) is 22.2. The Labute approximate surface area is 496 Å². The zero-order valence-electron chi connectivity index (χ0n) is 43.6. The third-order valence-corrected chi connectivity index (χ3v) is 20.0. The fourth-order valence-corrected chi connectivity index (χ4v) is 13.9. The van der Waals surface area contributed by atoms with E-state index in [1.54, 1.807) is 0 Å². The summed E-state index contributed by atoms with van der Waals surface area (Å²) < 4.78 is 0. The quantitative estimate of drug-likeness (QED) is 0.0240. The molecule has 0 fully saturated rings. The summed E-state index contributed by atoms with van der Waals surface area (Å²) in [6.45, 7) is 6.46. The molecule has 0 aromatic heterocycles. The average Bonchev–Trinajstić information content (AvgIpc) is 3.35. The van der Waals surface area contributed by atoms with Crippen LogP contribution in [-0.4, -0.2) is 226 Å². The van der Waals surface area contributed by atoms with Crippen LogP contribution in [0.25, 0.3) is 0 Å². The van der Waals surface area contributed by atoms with Gasteiger partial charge < -0.3 is 87.1 Å². The monoisotopic (exact) mass is 1320 g/mol. The van der Waals surface area contributed by atoms with E-state index in [0.29, 0.717) is 40.3 Å². The van der Waals surface area contributed by atoms with E-state index in [-0.39, 0.29) is 59.0 Å². The Hall–Kier alpha value is -2.71. The van der Waals surface area contributed by atoms with Gasteiger partial charge in [0.2, 0.25) is 11.8 Å². The summed E-state index contributed by atoms with van der Waals surface area (Å²) in [6.07, 6.45) is -0.316. The summed E-state index contributed by atoms with van der Waals surface area (Å²) in [5.41, 5.74) is 43.2. The zero-order chi connectivity index (χ0) is 62.4. The van der Waals surface area contributed by atoms with Crippen LogP contribution in [0.3, 0.4) is 0 Å². The molecule has 458 valence electrons. The summed E-state index contributed by atoms with van der Waals surface area (Å²) in [6, 6.07) is -6.51. The van der Waals surface area contributed by atoms with Crippen LogP contribution in [0, 0.1) is 0 Å². The van der Waals surface area contributed by atoms with Crippen LogP contribution >= 0.6 is 108 Å². The van der Waals surface area contributed by atoms with E-state index in [1.807, 2.05) is 0 Å². The van der Waals surface area contributed by atoms with Crippen molar-refractivity contribution in [2.45, 2.75) is 102 Å². The topological polar surface area (TPSA) is 576 Å². The molecule has 0 rings (SSSR count). The zero-order valence-corrected chi connectivity index (χ0v) is 51.7. The normalized spacial score (nSPS) is 13.8. The third kappa shape index (κ3) is 59.7. The summed E-state index contributed by atoms with van der Waals surface area (Å²) in [5, 5.41) is 55.3. The Morgan fingerprint density at radius 2 is 0.608 bits per heavy atom. The summed E-state index contributed by atoms with van der Waals surface area (Å²) in [7, 11) is 12.8. The molecule has 0 aromatic rings. The summed E-state index contributed by atoms with van der Waals surface area (Å²) >= 11 is 0. The maximum Gasteiger partial charge on any atom is 0.322 e. The molecule has 0 heterocycles. The van der Waals surface area contributed by atoms with E-state index in [2.05, 4.69) is 10.6 Å². The van der Waals surface area contributed by atoms with Crippen molar-refractivity contribution in [1.29, 1.82) is 0 Å². The average molecular weight is 1320 g/mol. The van der Waals surface area contributed by atoms with Crippen LogP contribution in [0.15, 0.2) is 0 Å².